The Hall–Kier alpha value is -1.49. The van der Waals surface area contributed by atoms with Crippen LogP contribution < -0.4 is 5.32 Å². The molecule has 1 aliphatic heterocycles. The van der Waals surface area contributed by atoms with Gasteiger partial charge in [0.25, 0.3) is 0 Å². The maximum absolute atomic E-state index is 11.2. The fourth-order valence-electron chi connectivity index (χ4n) is 2.17. The SMILES string of the molecule is CCN1CCC(S)([C@H](NC(C)=O)C(=O)O)CC1.O=C(O)C(F)(F)F. The summed E-state index contributed by atoms with van der Waals surface area (Å²) in [7, 11) is 0. The van der Waals surface area contributed by atoms with Gasteiger partial charge in [-0.15, -0.1) is 0 Å². The molecule has 0 bridgehead atoms. The van der Waals surface area contributed by atoms with Crippen molar-refractivity contribution in [1.82, 2.24) is 10.2 Å². The Bertz CT molecular complexity index is 465. The molecule has 140 valence electrons. The summed E-state index contributed by atoms with van der Waals surface area (Å²) in [6.07, 6.45) is -3.75. The van der Waals surface area contributed by atoms with Gasteiger partial charge in [-0.2, -0.15) is 25.8 Å². The van der Waals surface area contributed by atoms with Gasteiger partial charge in [0.1, 0.15) is 6.04 Å². The van der Waals surface area contributed by atoms with Crippen molar-refractivity contribution >= 4 is 30.5 Å². The van der Waals surface area contributed by atoms with E-state index in [4.69, 9.17) is 9.90 Å². The van der Waals surface area contributed by atoms with Crippen molar-refractivity contribution in [3.63, 3.8) is 0 Å². The van der Waals surface area contributed by atoms with Crippen LogP contribution in [0.1, 0.15) is 26.7 Å². The van der Waals surface area contributed by atoms with Crippen molar-refractivity contribution in [3.05, 3.63) is 0 Å². The average molecular weight is 374 g/mol. The van der Waals surface area contributed by atoms with Crippen molar-refractivity contribution in [2.45, 2.75) is 43.7 Å². The molecule has 7 nitrogen and oxygen atoms in total. The Balaban J connectivity index is 0.000000640. The molecule has 0 unspecified atom stereocenters. The van der Waals surface area contributed by atoms with Gasteiger partial charge in [-0.05, 0) is 32.5 Å². The van der Waals surface area contributed by atoms with Gasteiger partial charge in [0.2, 0.25) is 5.91 Å². The minimum absolute atomic E-state index is 0.330. The van der Waals surface area contributed by atoms with Crippen LogP contribution in [0.3, 0.4) is 0 Å². The normalized spacial score (nSPS) is 18.8. The second kappa shape index (κ2) is 9.11. The number of carbonyl (C=O) groups is 3. The lowest BCUT2D eigenvalue weighted by Gasteiger charge is -2.41. The standard InChI is InChI=1S/C11H20N2O3S.C2HF3O2/c1-3-13-6-4-11(17,5-7-13)9(10(15)16)12-8(2)14;3-2(4,5)1(6)7/h9,17H,3-7H2,1-2H3,(H,12,14)(H,15,16);(H,6,7)/t9-;/m1./s1. The summed E-state index contributed by atoms with van der Waals surface area (Å²) in [5.41, 5.74) is 0. The first-order valence-electron chi connectivity index (χ1n) is 7.08. The monoisotopic (exact) mass is 374 g/mol. The number of aliphatic carboxylic acids is 2. The third-order valence-corrected chi connectivity index (χ3v) is 4.25. The smallest absolute Gasteiger partial charge is 0.480 e. The van der Waals surface area contributed by atoms with Crippen LogP contribution in [0, 0.1) is 0 Å². The number of carboxylic acid groups (broad SMARTS) is 2. The molecule has 0 saturated carbocycles. The molecule has 24 heavy (non-hydrogen) atoms. The van der Waals surface area contributed by atoms with Crippen LogP contribution >= 0.6 is 12.6 Å². The molecule has 1 rings (SSSR count). The number of hydrogen-bond donors (Lipinski definition) is 4. The topological polar surface area (TPSA) is 107 Å². The molecule has 0 aliphatic carbocycles. The molecule has 3 N–H and O–H groups in total. The number of thiol groups is 1. The third kappa shape index (κ3) is 7.39. The van der Waals surface area contributed by atoms with Gasteiger partial charge in [-0.25, -0.2) is 9.59 Å². The molecule has 11 heteroatoms. The average Bonchev–Trinajstić information content (AvgIpc) is 2.44. The van der Waals surface area contributed by atoms with Crippen molar-refractivity contribution in [2.24, 2.45) is 0 Å². The van der Waals surface area contributed by atoms with Crippen molar-refractivity contribution in [2.75, 3.05) is 19.6 Å². The van der Waals surface area contributed by atoms with Crippen LogP contribution in [0.5, 0.6) is 0 Å². The van der Waals surface area contributed by atoms with Crippen molar-refractivity contribution < 1.29 is 37.8 Å². The highest BCUT2D eigenvalue weighted by atomic mass is 32.1. The molecular formula is C13H21F3N2O5S. The second-order valence-electron chi connectivity index (χ2n) is 5.31. The lowest BCUT2D eigenvalue weighted by Crippen LogP contribution is -2.57. The lowest BCUT2D eigenvalue weighted by molar-refractivity contribution is -0.192. The molecule has 1 aliphatic rings. The maximum atomic E-state index is 11.2. The van der Waals surface area contributed by atoms with E-state index < -0.39 is 28.9 Å². The zero-order valence-electron chi connectivity index (χ0n) is 13.3. The maximum Gasteiger partial charge on any atom is 0.490 e. The minimum Gasteiger partial charge on any atom is -0.480 e. The molecule has 1 heterocycles. The number of rotatable bonds is 4. The zero-order chi connectivity index (χ0) is 19.1. The first-order chi connectivity index (χ1) is 10.8. The summed E-state index contributed by atoms with van der Waals surface area (Å²) in [5, 5.41) is 18.8. The molecule has 0 spiro atoms. The Labute approximate surface area is 142 Å². The molecule has 0 aromatic carbocycles. The number of carboxylic acids is 2. The van der Waals surface area contributed by atoms with E-state index in [0.29, 0.717) is 12.8 Å². The van der Waals surface area contributed by atoms with Gasteiger partial charge in [0.15, 0.2) is 0 Å². The van der Waals surface area contributed by atoms with Crippen molar-refractivity contribution in [1.29, 1.82) is 0 Å². The number of nitrogens with one attached hydrogen (secondary N) is 1. The Morgan fingerprint density at radius 3 is 1.92 bits per heavy atom. The quantitative estimate of drug-likeness (QED) is 0.547. The molecule has 1 amide bonds. The summed E-state index contributed by atoms with van der Waals surface area (Å²) in [5.74, 6) is -4.10. The fourth-order valence-corrected chi connectivity index (χ4v) is 2.55. The van der Waals surface area contributed by atoms with E-state index in [2.05, 4.69) is 29.8 Å². The number of piperidine rings is 1. The molecule has 1 atom stereocenters. The number of likely N-dealkylation sites (tertiary alicyclic amines) is 1. The van der Waals surface area contributed by atoms with Crippen LogP contribution in [0.25, 0.3) is 0 Å². The highest BCUT2D eigenvalue weighted by Crippen LogP contribution is 2.32. The van der Waals surface area contributed by atoms with E-state index in [1.54, 1.807) is 0 Å². The summed E-state index contributed by atoms with van der Waals surface area (Å²) < 4.78 is 31.1. The molecular weight excluding hydrogens is 353 g/mol. The van der Waals surface area contributed by atoms with E-state index in [9.17, 15) is 27.9 Å². The highest BCUT2D eigenvalue weighted by Gasteiger charge is 2.43. The number of nitrogens with zero attached hydrogens (tertiary/aromatic N) is 1. The van der Waals surface area contributed by atoms with Crippen LogP contribution in [-0.4, -0.2) is 69.6 Å². The second-order valence-corrected chi connectivity index (χ2v) is 6.20. The molecule has 1 fully saturated rings. The van der Waals surface area contributed by atoms with Crippen molar-refractivity contribution in [3.8, 4) is 0 Å². The largest absolute Gasteiger partial charge is 0.490 e. The van der Waals surface area contributed by atoms with E-state index in [1.165, 1.54) is 6.92 Å². The fraction of sp³-hybridized carbons (Fsp3) is 0.769. The molecule has 1 saturated heterocycles. The third-order valence-electron chi connectivity index (χ3n) is 3.54. The van der Waals surface area contributed by atoms with E-state index in [-0.39, 0.29) is 5.91 Å². The van der Waals surface area contributed by atoms with Gasteiger partial charge in [0.05, 0.1) is 0 Å². The van der Waals surface area contributed by atoms with Crippen LogP contribution in [0.4, 0.5) is 13.2 Å². The summed E-state index contributed by atoms with van der Waals surface area (Å²) in [6.45, 7) is 6.01. The number of halogens is 3. The summed E-state index contributed by atoms with van der Waals surface area (Å²) in [4.78, 5) is 33.4. The van der Waals surface area contributed by atoms with Gasteiger partial charge >= 0.3 is 18.1 Å². The van der Waals surface area contributed by atoms with Gasteiger partial charge in [-0.3, -0.25) is 4.79 Å². The van der Waals surface area contributed by atoms with Gasteiger partial charge in [-0.1, -0.05) is 6.92 Å². The lowest BCUT2D eigenvalue weighted by atomic mass is 9.88. The number of amides is 1. The summed E-state index contributed by atoms with van der Waals surface area (Å²) in [6, 6.07) is -0.915. The first kappa shape index (κ1) is 22.5. The van der Waals surface area contributed by atoms with Crippen LogP contribution in [-0.2, 0) is 14.4 Å². The number of alkyl halides is 3. The summed E-state index contributed by atoms with van der Waals surface area (Å²) >= 11 is 4.52. The van der Waals surface area contributed by atoms with Crippen LogP contribution in [0.15, 0.2) is 0 Å². The van der Waals surface area contributed by atoms with Gasteiger partial charge < -0.3 is 20.4 Å². The molecule has 0 aromatic rings. The number of hydrogen-bond acceptors (Lipinski definition) is 5. The molecule has 0 aromatic heterocycles. The zero-order valence-corrected chi connectivity index (χ0v) is 14.2. The minimum atomic E-state index is -5.08. The van der Waals surface area contributed by atoms with Crippen LogP contribution in [0.2, 0.25) is 0 Å². The predicted molar refractivity (Wildman–Crippen MR) is 82.0 cm³/mol. The Kier molecular flexibility index (Phi) is 8.55. The first-order valence-corrected chi connectivity index (χ1v) is 7.53. The Morgan fingerprint density at radius 1 is 1.25 bits per heavy atom. The predicted octanol–water partition coefficient (Wildman–Crippen LogP) is 0.993. The highest BCUT2D eigenvalue weighted by molar-refractivity contribution is 7.82. The van der Waals surface area contributed by atoms with E-state index in [1.807, 2.05) is 0 Å². The Morgan fingerprint density at radius 2 is 1.67 bits per heavy atom. The van der Waals surface area contributed by atoms with E-state index >= 15 is 0 Å². The van der Waals surface area contributed by atoms with Gasteiger partial charge in [0, 0.05) is 11.7 Å². The number of carbonyl (C=O) groups excluding carboxylic acids is 1. The van der Waals surface area contributed by atoms with E-state index in [0.717, 1.165) is 19.6 Å². The molecule has 0 radical (unpaired) electrons.